The van der Waals surface area contributed by atoms with Gasteiger partial charge in [-0.1, -0.05) is 6.07 Å². The molecule has 0 saturated carbocycles. The van der Waals surface area contributed by atoms with Crippen molar-refractivity contribution < 1.29 is 9.53 Å². The van der Waals surface area contributed by atoms with Crippen molar-refractivity contribution >= 4 is 28.4 Å². The van der Waals surface area contributed by atoms with E-state index >= 15 is 0 Å². The van der Waals surface area contributed by atoms with Gasteiger partial charge in [0.1, 0.15) is 5.75 Å². The zero-order valence-electron chi connectivity index (χ0n) is 12.1. The molecule has 23 heavy (non-hydrogen) atoms. The molecule has 0 saturated heterocycles. The van der Waals surface area contributed by atoms with Crippen LogP contribution in [0.3, 0.4) is 0 Å². The molecule has 0 aliphatic heterocycles. The lowest BCUT2D eigenvalue weighted by atomic mass is 10.2. The van der Waals surface area contributed by atoms with Crippen LogP contribution in [0, 0.1) is 0 Å². The zero-order valence-corrected chi connectivity index (χ0v) is 12.1. The minimum atomic E-state index is -0.454. The molecule has 0 radical (unpaired) electrons. The number of carbonyl (C=O) groups excluding carboxylic acids is 1. The number of nitrogens with zero attached hydrogens (tertiary/aromatic N) is 2. The molecule has 2 aromatic carbocycles. The average Bonchev–Trinajstić information content (AvgIpc) is 2.55. The lowest BCUT2D eigenvalue weighted by Gasteiger charge is -2.06. The molecule has 1 heterocycles. The van der Waals surface area contributed by atoms with Crippen LogP contribution in [0.5, 0.6) is 5.75 Å². The normalized spacial score (nSPS) is 10.3. The summed E-state index contributed by atoms with van der Waals surface area (Å²) < 4.78 is 5.38. The van der Waals surface area contributed by atoms with Gasteiger partial charge in [0.25, 0.3) is 0 Å². The van der Waals surface area contributed by atoms with Crippen LogP contribution >= 0.6 is 0 Å². The molecule has 0 aliphatic carbocycles. The molecule has 3 aromatic rings. The third-order valence-corrected chi connectivity index (χ3v) is 3.18. The lowest BCUT2D eigenvalue weighted by molar-refractivity contribution is 0.0735. The molecule has 0 aliphatic rings. The number of hydrogen-bond acceptors (Lipinski definition) is 4. The maximum Gasteiger partial charge on any atom is 0.343 e. The Labute approximate surface area is 132 Å². The molecular weight excluding hydrogens is 292 g/mol. The van der Waals surface area contributed by atoms with Gasteiger partial charge in [-0.25, -0.2) is 9.79 Å². The van der Waals surface area contributed by atoms with Crippen LogP contribution < -0.4 is 16.2 Å². The minimum absolute atomic E-state index is 0.0369. The van der Waals surface area contributed by atoms with Crippen LogP contribution in [0.2, 0.25) is 0 Å². The molecule has 3 rings (SSSR count). The van der Waals surface area contributed by atoms with Crippen LogP contribution in [0.15, 0.2) is 65.9 Å². The second-order valence-electron chi connectivity index (χ2n) is 4.86. The quantitative estimate of drug-likeness (QED) is 0.334. The van der Waals surface area contributed by atoms with Gasteiger partial charge in [-0.15, -0.1) is 0 Å². The predicted octanol–water partition coefficient (Wildman–Crippen LogP) is 2.36. The molecule has 0 fully saturated rings. The van der Waals surface area contributed by atoms with E-state index in [2.05, 4.69) is 9.98 Å². The lowest BCUT2D eigenvalue weighted by Crippen LogP contribution is -2.21. The highest BCUT2D eigenvalue weighted by molar-refractivity contribution is 5.92. The molecule has 0 amide bonds. The molecular formula is C17H14N4O2. The van der Waals surface area contributed by atoms with Crippen LogP contribution in [-0.2, 0) is 0 Å². The van der Waals surface area contributed by atoms with Gasteiger partial charge < -0.3 is 16.2 Å². The Balaban J connectivity index is 1.78. The van der Waals surface area contributed by atoms with E-state index in [-0.39, 0.29) is 5.96 Å². The predicted molar refractivity (Wildman–Crippen MR) is 88.6 cm³/mol. The number of pyridine rings is 1. The average molecular weight is 306 g/mol. The van der Waals surface area contributed by atoms with E-state index in [0.29, 0.717) is 17.0 Å². The highest BCUT2D eigenvalue weighted by Crippen LogP contribution is 2.21. The van der Waals surface area contributed by atoms with Crippen molar-refractivity contribution in [1.29, 1.82) is 0 Å². The fourth-order valence-corrected chi connectivity index (χ4v) is 2.11. The highest BCUT2D eigenvalue weighted by Gasteiger charge is 2.09. The van der Waals surface area contributed by atoms with Gasteiger partial charge in [-0.2, -0.15) is 0 Å². The Morgan fingerprint density at radius 3 is 2.52 bits per heavy atom. The molecule has 114 valence electrons. The fourth-order valence-electron chi connectivity index (χ4n) is 2.11. The molecule has 6 heteroatoms. The number of fused-ring (bicyclic) bond motifs is 1. The first-order chi connectivity index (χ1) is 11.1. The molecule has 0 atom stereocenters. The van der Waals surface area contributed by atoms with Gasteiger partial charge in [0.05, 0.1) is 11.3 Å². The molecule has 0 bridgehead atoms. The number of benzene rings is 2. The summed E-state index contributed by atoms with van der Waals surface area (Å²) in [5, 5.41) is 1.93. The number of esters is 1. The highest BCUT2D eigenvalue weighted by atomic mass is 16.5. The maximum atomic E-state index is 12.2. The van der Waals surface area contributed by atoms with Crippen molar-refractivity contribution in [2.45, 2.75) is 0 Å². The summed E-state index contributed by atoms with van der Waals surface area (Å²) in [7, 11) is 0. The second-order valence-corrected chi connectivity index (χ2v) is 4.86. The number of hydrogen-bond donors (Lipinski definition) is 2. The van der Waals surface area contributed by atoms with E-state index in [1.54, 1.807) is 48.8 Å². The van der Waals surface area contributed by atoms with Crippen molar-refractivity contribution in [3.63, 3.8) is 0 Å². The number of aliphatic imine (C=N–C) groups is 1. The van der Waals surface area contributed by atoms with Gasteiger partial charge in [-0.3, -0.25) is 4.98 Å². The van der Waals surface area contributed by atoms with E-state index < -0.39 is 5.97 Å². The second kappa shape index (κ2) is 6.15. The summed E-state index contributed by atoms with van der Waals surface area (Å²) >= 11 is 0. The molecule has 0 unspecified atom stereocenters. The van der Waals surface area contributed by atoms with Crippen molar-refractivity contribution in [1.82, 2.24) is 4.98 Å². The summed E-state index contributed by atoms with van der Waals surface area (Å²) in [4.78, 5) is 20.1. The van der Waals surface area contributed by atoms with E-state index in [1.165, 1.54) is 0 Å². The SMILES string of the molecule is NC(N)=Nc1ccc(C(=O)Oc2ccc3ccncc3c2)cc1. The largest absolute Gasteiger partial charge is 0.423 e. The first-order valence-corrected chi connectivity index (χ1v) is 6.87. The third kappa shape index (κ3) is 3.44. The summed E-state index contributed by atoms with van der Waals surface area (Å²) in [6.45, 7) is 0. The van der Waals surface area contributed by atoms with Crippen LogP contribution in [0.4, 0.5) is 5.69 Å². The molecule has 0 spiro atoms. The van der Waals surface area contributed by atoms with Gasteiger partial charge in [0.15, 0.2) is 5.96 Å². The number of nitrogens with two attached hydrogens (primary N) is 2. The van der Waals surface area contributed by atoms with Gasteiger partial charge in [0.2, 0.25) is 0 Å². The van der Waals surface area contributed by atoms with E-state index in [0.717, 1.165) is 10.8 Å². The smallest absolute Gasteiger partial charge is 0.343 e. The van der Waals surface area contributed by atoms with Gasteiger partial charge >= 0.3 is 5.97 Å². The topological polar surface area (TPSA) is 104 Å². The fraction of sp³-hybridized carbons (Fsp3) is 0. The van der Waals surface area contributed by atoms with E-state index in [4.69, 9.17) is 16.2 Å². The van der Waals surface area contributed by atoms with Crippen LogP contribution in [0.25, 0.3) is 10.8 Å². The summed E-state index contributed by atoms with van der Waals surface area (Å²) in [5.41, 5.74) is 11.6. The minimum Gasteiger partial charge on any atom is -0.423 e. The maximum absolute atomic E-state index is 12.2. The zero-order chi connectivity index (χ0) is 16.2. The van der Waals surface area contributed by atoms with Gasteiger partial charge in [-0.05, 0) is 47.9 Å². The number of aromatic nitrogens is 1. The Hall–Kier alpha value is -3.41. The van der Waals surface area contributed by atoms with E-state index in [9.17, 15) is 4.79 Å². The van der Waals surface area contributed by atoms with Crippen LogP contribution in [-0.4, -0.2) is 16.9 Å². The standard InChI is InChI=1S/C17H14N4O2/c18-17(19)21-14-4-1-12(2-5-14)16(22)23-15-6-3-11-7-8-20-10-13(11)9-15/h1-10H,(H4,18,19,21). The van der Waals surface area contributed by atoms with E-state index in [1.807, 2.05) is 12.1 Å². The number of ether oxygens (including phenoxy) is 1. The number of guanidine groups is 1. The Morgan fingerprint density at radius 2 is 1.78 bits per heavy atom. The summed E-state index contributed by atoms with van der Waals surface area (Å²) in [5.74, 6) is -0.0293. The third-order valence-electron chi connectivity index (χ3n) is 3.18. The number of rotatable bonds is 3. The Morgan fingerprint density at radius 1 is 1.00 bits per heavy atom. The summed E-state index contributed by atoms with van der Waals surface area (Å²) in [6.07, 6.45) is 3.43. The van der Waals surface area contributed by atoms with Crippen molar-refractivity contribution in [3.05, 3.63) is 66.5 Å². The first-order valence-electron chi connectivity index (χ1n) is 6.87. The monoisotopic (exact) mass is 306 g/mol. The van der Waals surface area contributed by atoms with Crippen molar-refractivity contribution in [2.75, 3.05) is 0 Å². The molecule has 6 nitrogen and oxygen atoms in total. The first kappa shape index (κ1) is 14.5. The Kier molecular flexibility index (Phi) is 3.88. The van der Waals surface area contributed by atoms with Crippen LogP contribution in [0.1, 0.15) is 10.4 Å². The summed E-state index contributed by atoms with van der Waals surface area (Å²) in [6, 6.07) is 13.8. The van der Waals surface area contributed by atoms with Crippen molar-refractivity contribution in [3.8, 4) is 5.75 Å². The van der Waals surface area contributed by atoms with Crippen molar-refractivity contribution in [2.24, 2.45) is 16.5 Å². The molecule has 1 aromatic heterocycles. The Bertz CT molecular complexity index is 884. The van der Waals surface area contributed by atoms with Gasteiger partial charge in [0, 0.05) is 17.8 Å². The number of carbonyl (C=O) groups is 1. The molecule has 4 N–H and O–H groups in total.